The van der Waals surface area contributed by atoms with E-state index in [4.69, 9.17) is 4.42 Å². The van der Waals surface area contributed by atoms with Crippen molar-refractivity contribution >= 4 is 49.8 Å². The largest absolute Gasteiger partial charge is 0.456 e. The third-order valence-corrected chi connectivity index (χ3v) is 10.5. The highest BCUT2D eigenvalue weighted by atomic mass is 16.3. The maximum Gasteiger partial charge on any atom is 0.136 e. The lowest BCUT2D eigenvalue weighted by Gasteiger charge is -2.28. The Morgan fingerprint density at radius 2 is 0.759 bits per heavy atom. The van der Waals surface area contributed by atoms with Crippen molar-refractivity contribution in [1.82, 2.24) is 0 Å². The summed E-state index contributed by atoms with van der Waals surface area (Å²) in [5.41, 5.74) is 14.6. The number of hydrogen-bond acceptors (Lipinski definition) is 2. The van der Waals surface area contributed by atoms with Gasteiger partial charge in [0.15, 0.2) is 0 Å². The standard InChI is InChI=1S/C52H35NO/c1-3-12-36(13-4-1)38-22-24-41(25-23-38)45-16-7-9-20-49(45)53(42-30-26-39(27-31-42)37-14-5-2-6-15-37)43-32-28-40(29-33-43)44-18-11-19-47-46(44)34-35-51-52(47)48-17-8-10-21-50(48)54-51/h1-35H. The van der Waals surface area contributed by atoms with Gasteiger partial charge in [-0.05, 0) is 92.2 Å². The Morgan fingerprint density at radius 3 is 1.44 bits per heavy atom. The molecule has 9 aromatic carbocycles. The molecule has 2 heteroatoms. The fraction of sp³-hybridized carbons (Fsp3) is 0. The molecule has 0 saturated carbocycles. The van der Waals surface area contributed by atoms with Crippen LogP contribution in [0.4, 0.5) is 17.1 Å². The van der Waals surface area contributed by atoms with Crippen molar-refractivity contribution < 1.29 is 4.42 Å². The molecule has 10 aromatic rings. The van der Waals surface area contributed by atoms with Gasteiger partial charge in [0.25, 0.3) is 0 Å². The van der Waals surface area contributed by atoms with Crippen LogP contribution in [0.5, 0.6) is 0 Å². The van der Waals surface area contributed by atoms with Crippen LogP contribution in [-0.4, -0.2) is 0 Å². The van der Waals surface area contributed by atoms with Crippen LogP contribution in [0.2, 0.25) is 0 Å². The van der Waals surface area contributed by atoms with E-state index in [9.17, 15) is 0 Å². The number of hydrogen-bond donors (Lipinski definition) is 0. The molecule has 2 nitrogen and oxygen atoms in total. The van der Waals surface area contributed by atoms with Crippen LogP contribution in [0.15, 0.2) is 217 Å². The zero-order valence-electron chi connectivity index (χ0n) is 29.6. The maximum absolute atomic E-state index is 6.23. The molecule has 0 radical (unpaired) electrons. The predicted molar refractivity (Wildman–Crippen MR) is 228 cm³/mol. The van der Waals surface area contributed by atoms with Gasteiger partial charge in [-0.1, -0.05) is 170 Å². The average molecular weight is 690 g/mol. The Labute approximate surface area is 314 Å². The average Bonchev–Trinajstić information content (AvgIpc) is 3.64. The van der Waals surface area contributed by atoms with Crippen molar-refractivity contribution in [3.05, 3.63) is 212 Å². The van der Waals surface area contributed by atoms with Crippen molar-refractivity contribution in [3.63, 3.8) is 0 Å². The van der Waals surface area contributed by atoms with Gasteiger partial charge in [-0.25, -0.2) is 0 Å². The Balaban J connectivity index is 1.08. The molecule has 254 valence electrons. The minimum absolute atomic E-state index is 0.915. The third-order valence-electron chi connectivity index (χ3n) is 10.5. The molecule has 54 heavy (non-hydrogen) atoms. The third kappa shape index (κ3) is 5.62. The van der Waals surface area contributed by atoms with Gasteiger partial charge in [0.1, 0.15) is 11.2 Å². The number of anilines is 3. The number of fused-ring (bicyclic) bond motifs is 5. The summed E-state index contributed by atoms with van der Waals surface area (Å²) in [5, 5.41) is 4.72. The number of benzene rings is 9. The highest BCUT2D eigenvalue weighted by Crippen LogP contribution is 2.43. The Hall–Kier alpha value is -7.16. The van der Waals surface area contributed by atoms with Gasteiger partial charge in [-0.15, -0.1) is 0 Å². The van der Waals surface area contributed by atoms with Gasteiger partial charge in [0, 0.05) is 27.7 Å². The lowest BCUT2D eigenvalue weighted by atomic mass is 9.95. The monoisotopic (exact) mass is 689 g/mol. The van der Waals surface area contributed by atoms with Crippen LogP contribution in [0, 0.1) is 0 Å². The molecule has 10 rings (SSSR count). The number of nitrogens with zero attached hydrogens (tertiary/aromatic N) is 1. The summed E-state index contributed by atoms with van der Waals surface area (Å²) < 4.78 is 6.23. The van der Waals surface area contributed by atoms with Crippen LogP contribution in [0.1, 0.15) is 0 Å². The maximum atomic E-state index is 6.23. The van der Waals surface area contributed by atoms with E-state index >= 15 is 0 Å². The smallest absolute Gasteiger partial charge is 0.136 e. The van der Waals surface area contributed by atoms with E-state index in [-0.39, 0.29) is 0 Å². The summed E-state index contributed by atoms with van der Waals surface area (Å²) in [4.78, 5) is 2.38. The van der Waals surface area contributed by atoms with Crippen LogP contribution < -0.4 is 4.90 Å². The molecule has 0 aliphatic carbocycles. The molecule has 0 unspecified atom stereocenters. The van der Waals surface area contributed by atoms with Crippen molar-refractivity contribution in [2.24, 2.45) is 0 Å². The SMILES string of the molecule is c1ccc(-c2ccc(-c3ccccc3N(c3ccc(-c4ccccc4)cc3)c3ccc(-c4cccc5c4ccc4oc6ccccc6c45)cc3)cc2)cc1. The Bertz CT molecular complexity index is 2890. The van der Waals surface area contributed by atoms with E-state index in [1.54, 1.807) is 0 Å². The van der Waals surface area contributed by atoms with Crippen LogP contribution in [0.3, 0.4) is 0 Å². The van der Waals surface area contributed by atoms with Crippen molar-refractivity contribution in [3.8, 4) is 44.5 Å². The van der Waals surface area contributed by atoms with Gasteiger partial charge >= 0.3 is 0 Å². The lowest BCUT2D eigenvalue weighted by Crippen LogP contribution is -2.11. The topological polar surface area (TPSA) is 16.4 Å². The van der Waals surface area contributed by atoms with Crippen molar-refractivity contribution in [1.29, 1.82) is 0 Å². The molecule has 0 amide bonds. The van der Waals surface area contributed by atoms with E-state index in [0.717, 1.165) is 33.6 Å². The lowest BCUT2D eigenvalue weighted by molar-refractivity contribution is 0.669. The molecule has 0 fully saturated rings. The molecule has 1 heterocycles. The van der Waals surface area contributed by atoms with Crippen molar-refractivity contribution in [2.45, 2.75) is 0 Å². The second kappa shape index (κ2) is 13.4. The quantitative estimate of drug-likeness (QED) is 0.166. The summed E-state index contributed by atoms with van der Waals surface area (Å²) in [7, 11) is 0. The molecule has 0 spiro atoms. The minimum atomic E-state index is 0.915. The first kappa shape index (κ1) is 31.6. The summed E-state index contributed by atoms with van der Waals surface area (Å²) in [5.74, 6) is 0. The first-order valence-electron chi connectivity index (χ1n) is 18.4. The van der Waals surface area contributed by atoms with Gasteiger partial charge in [0.05, 0.1) is 5.69 Å². The van der Waals surface area contributed by atoms with Crippen molar-refractivity contribution in [2.75, 3.05) is 4.90 Å². The first-order chi connectivity index (χ1) is 26.8. The van der Waals surface area contributed by atoms with Gasteiger partial charge < -0.3 is 9.32 Å². The minimum Gasteiger partial charge on any atom is -0.456 e. The van der Waals surface area contributed by atoms with E-state index < -0.39 is 0 Å². The molecular formula is C52H35NO. The van der Waals surface area contributed by atoms with Gasteiger partial charge in [0.2, 0.25) is 0 Å². The number of rotatable bonds is 7. The fourth-order valence-corrected chi connectivity index (χ4v) is 7.87. The molecule has 0 bridgehead atoms. The summed E-state index contributed by atoms with van der Waals surface area (Å²) in [6.45, 7) is 0. The van der Waals surface area contributed by atoms with E-state index in [0.29, 0.717) is 0 Å². The summed E-state index contributed by atoms with van der Waals surface area (Å²) in [6, 6.07) is 75.9. The normalized spacial score (nSPS) is 11.3. The summed E-state index contributed by atoms with van der Waals surface area (Å²) >= 11 is 0. The number of para-hydroxylation sites is 2. The Kier molecular flexibility index (Phi) is 7.85. The first-order valence-corrected chi connectivity index (χ1v) is 18.4. The molecule has 0 aliphatic rings. The zero-order valence-corrected chi connectivity index (χ0v) is 29.6. The van der Waals surface area contributed by atoms with Crippen LogP contribution in [0.25, 0.3) is 77.2 Å². The van der Waals surface area contributed by atoms with E-state index in [1.807, 2.05) is 12.1 Å². The molecule has 0 N–H and O–H groups in total. The summed E-state index contributed by atoms with van der Waals surface area (Å²) in [6.07, 6.45) is 0. The highest BCUT2D eigenvalue weighted by Gasteiger charge is 2.19. The molecular weight excluding hydrogens is 655 g/mol. The van der Waals surface area contributed by atoms with Gasteiger partial charge in [-0.3, -0.25) is 0 Å². The fourth-order valence-electron chi connectivity index (χ4n) is 7.87. The van der Waals surface area contributed by atoms with E-state index in [1.165, 1.54) is 60.7 Å². The molecule has 0 atom stereocenters. The second-order valence-electron chi connectivity index (χ2n) is 13.7. The highest BCUT2D eigenvalue weighted by molar-refractivity contribution is 6.20. The second-order valence-corrected chi connectivity index (χ2v) is 13.7. The van der Waals surface area contributed by atoms with Crippen LogP contribution >= 0.6 is 0 Å². The molecule has 0 saturated heterocycles. The Morgan fingerprint density at radius 1 is 0.278 bits per heavy atom. The van der Waals surface area contributed by atoms with E-state index in [2.05, 4.69) is 205 Å². The zero-order chi connectivity index (χ0) is 35.8. The van der Waals surface area contributed by atoms with Gasteiger partial charge in [-0.2, -0.15) is 0 Å². The number of furan rings is 1. The van der Waals surface area contributed by atoms with Crippen LogP contribution in [-0.2, 0) is 0 Å². The molecule has 0 aliphatic heterocycles. The predicted octanol–water partition coefficient (Wildman–Crippen LogP) is 14.9. The molecule has 1 aromatic heterocycles.